The summed E-state index contributed by atoms with van der Waals surface area (Å²) in [7, 11) is 0. The molecule has 6 heteroatoms. The lowest BCUT2D eigenvalue weighted by atomic mass is 10.2. The van der Waals surface area contributed by atoms with Crippen LogP contribution in [0.3, 0.4) is 0 Å². The first-order chi connectivity index (χ1) is 9.22. The Hall–Kier alpha value is -2.55. The molecule has 2 amide bonds. The smallest absolute Gasteiger partial charge is 0.407 e. The van der Waals surface area contributed by atoms with Crippen molar-refractivity contribution in [1.82, 2.24) is 10.6 Å². The third-order valence-corrected chi connectivity index (χ3v) is 2.17. The van der Waals surface area contributed by atoms with Gasteiger partial charge in [-0.25, -0.2) is 4.79 Å². The lowest BCUT2D eigenvalue weighted by molar-refractivity contribution is -0.120. The molecule has 0 saturated heterocycles. The van der Waals surface area contributed by atoms with E-state index in [1.807, 2.05) is 30.3 Å². The zero-order valence-electron chi connectivity index (χ0n) is 10.4. The van der Waals surface area contributed by atoms with Crippen molar-refractivity contribution < 1.29 is 14.3 Å². The fourth-order valence-corrected chi connectivity index (χ4v) is 1.27. The van der Waals surface area contributed by atoms with Crippen molar-refractivity contribution in [2.75, 3.05) is 13.1 Å². The topological polar surface area (TPSA) is 91.2 Å². The van der Waals surface area contributed by atoms with E-state index in [1.54, 1.807) is 6.07 Å². The molecular weight excluding hydrogens is 246 g/mol. The molecule has 0 heterocycles. The zero-order valence-corrected chi connectivity index (χ0v) is 10.4. The molecule has 0 atom stereocenters. The molecule has 0 aromatic heterocycles. The molecule has 100 valence electrons. The summed E-state index contributed by atoms with van der Waals surface area (Å²) < 4.78 is 4.97. The van der Waals surface area contributed by atoms with Crippen molar-refractivity contribution in [3.63, 3.8) is 0 Å². The van der Waals surface area contributed by atoms with Crippen LogP contribution in [-0.4, -0.2) is 25.1 Å². The fraction of sp³-hybridized carbons (Fsp3) is 0.308. The number of alkyl carbamates (subject to hydrolysis) is 1. The van der Waals surface area contributed by atoms with Crippen LogP contribution >= 0.6 is 0 Å². The zero-order chi connectivity index (χ0) is 13.9. The van der Waals surface area contributed by atoms with Gasteiger partial charge in [-0.05, 0) is 5.56 Å². The van der Waals surface area contributed by atoms with E-state index in [1.165, 1.54) is 0 Å². The molecule has 0 aliphatic rings. The minimum atomic E-state index is -0.543. The molecule has 0 bridgehead atoms. The Balaban J connectivity index is 2.09. The Morgan fingerprint density at radius 1 is 1.16 bits per heavy atom. The van der Waals surface area contributed by atoms with Crippen molar-refractivity contribution in [3.05, 3.63) is 35.9 Å². The predicted molar refractivity (Wildman–Crippen MR) is 67.9 cm³/mol. The number of rotatable bonds is 6. The van der Waals surface area contributed by atoms with Gasteiger partial charge in [0.15, 0.2) is 0 Å². The van der Waals surface area contributed by atoms with E-state index in [0.717, 1.165) is 5.56 Å². The highest BCUT2D eigenvalue weighted by Crippen LogP contribution is 2.00. The van der Waals surface area contributed by atoms with Crippen LogP contribution in [0.25, 0.3) is 0 Å². The van der Waals surface area contributed by atoms with Crippen LogP contribution in [0.2, 0.25) is 0 Å². The molecule has 0 fully saturated rings. The number of hydrogen-bond acceptors (Lipinski definition) is 4. The van der Waals surface area contributed by atoms with E-state index in [4.69, 9.17) is 10.00 Å². The van der Waals surface area contributed by atoms with Crippen LogP contribution in [0.4, 0.5) is 4.79 Å². The number of ether oxygens (including phenoxy) is 1. The maximum absolute atomic E-state index is 11.3. The van der Waals surface area contributed by atoms with Gasteiger partial charge in [-0.3, -0.25) is 4.79 Å². The largest absolute Gasteiger partial charge is 0.445 e. The normalized spacial score (nSPS) is 9.21. The van der Waals surface area contributed by atoms with Crippen LogP contribution in [0.1, 0.15) is 12.0 Å². The molecular formula is C13H15N3O3. The molecule has 1 rings (SSSR count). The van der Waals surface area contributed by atoms with E-state index < -0.39 is 6.09 Å². The van der Waals surface area contributed by atoms with Gasteiger partial charge in [-0.2, -0.15) is 5.26 Å². The second-order valence-corrected chi connectivity index (χ2v) is 3.67. The Bertz CT molecular complexity index is 454. The molecule has 0 spiro atoms. The average molecular weight is 261 g/mol. The van der Waals surface area contributed by atoms with E-state index in [9.17, 15) is 9.59 Å². The van der Waals surface area contributed by atoms with E-state index in [2.05, 4.69) is 10.6 Å². The Labute approximate surface area is 111 Å². The molecule has 0 radical (unpaired) electrons. The number of nitrogens with one attached hydrogen (secondary N) is 2. The minimum Gasteiger partial charge on any atom is -0.445 e. The Morgan fingerprint density at radius 3 is 2.53 bits per heavy atom. The molecule has 2 N–H and O–H groups in total. The van der Waals surface area contributed by atoms with Crippen molar-refractivity contribution in [2.45, 2.75) is 13.0 Å². The Morgan fingerprint density at radius 2 is 1.84 bits per heavy atom. The standard InChI is InChI=1S/C13H15N3O3/c14-7-6-12(17)15-8-9-16-13(18)19-10-11-4-2-1-3-5-11/h1-5H,6,8-10H2,(H,15,17)(H,16,18). The van der Waals surface area contributed by atoms with Gasteiger partial charge in [0.25, 0.3) is 0 Å². The van der Waals surface area contributed by atoms with Gasteiger partial charge in [0.05, 0.1) is 6.07 Å². The maximum Gasteiger partial charge on any atom is 0.407 e. The van der Waals surface area contributed by atoms with Gasteiger partial charge in [-0.1, -0.05) is 30.3 Å². The van der Waals surface area contributed by atoms with Crippen molar-refractivity contribution in [1.29, 1.82) is 5.26 Å². The number of nitriles is 1. The summed E-state index contributed by atoms with van der Waals surface area (Å²) in [6, 6.07) is 11.1. The first-order valence-electron chi connectivity index (χ1n) is 5.80. The van der Waals surface area contributed by atoms with Gasteiger partial charge in [0.1, 0.15) is 13.0 Å². The third-order valence-electron chi connectivity index (χ3n) is 2.17. The number of nitrogens with zero attached hydrogens (tertiary/aromatic N) is 1. The second kappa shape index (κ2) is 8.53. The molecule has 1 aromatic carbocycles. The summed E-state index contributed by atoms with van der Waals surface area (Å²) in [5.74, 6) is -0.359. The van der Waals surface area contributed by atoms with Crippen LogP contribution in [0.15, 0.2) is 30.3 Å². The van der Waals surface area contributed by atoms with Crippen LogP contribution in [0, 0.1) is 11.3 Å². The third kappa shape index (κ3) is 6.68. The summed E-state index contributed by atoms with van der Waals surface area (Å²) in [5, 5.41) is 13.2. The van der Waals surface area contributed by atoms with Gasteiger partial charge in [0.2, 0.25) is 5.91 Å². The van der Waals surface area contributed by atoms with Crippen LogP contribution in [0.5, 0.6) is 0 Å². The SMILES string of the molecule is N#CCC(=O)NCCNC(=O)OCc1ccccc1. The number of benzene rings is 1. The minimum absolute atomic E-state index is 0.182. The first-order valence-corrected chi connectivity index (χ1v) is 5.80. The van der Waals surface area contributed by atoms with Crippen LogP contribution in [-0.2, 0) is 16.1 Å². The van der Waals surface area contributed by atoms with E-state index in [-0.39, 0.29) is 32.0 Å². The van der Waals surface area contributed by atoms with Gasteiger partial charge in [0, 0.05) is 13.1 Å². The van der Waals surface area contributed by atoms with Crippen LogP contribution < -0.4 is 10.6 Å². The summed E-state index contributed by atoms with van der Waals surface area (Å²) in [4.78, 5) is 22.2. The second-order valence-electron chi connectivity index (χ2n) is 3.67. The maximum atomic E-state index is 11.3. The van der Waals surface area contributed by atoms with Crippen molar-refractivity contribution in [2.24, 2.45) is 0 Å². The average Bonchev–Trinajstić information content (AvgIpc) is 2.43. The lowest BCUT2D eigenvalue weighted by Gasteiger charge is -2.07. The molecule has 1 aromatic rings. The molecule has 0 unspecified atom stereocenters. The molecule has 0 saturated carbocycles. The summed E-state index contributed by atoms with van der Waals surface area (Å²) in [5.41, 5.74) is 0.903. The number of hydrogen-bond donors (Lipinski definition) is 2. The number of carbonyl (C=O) groups is 2. The highest BCUT2D eigenvalue weighted by Gasteiger charge is 2.02. The molecule has 19 heavy (non-hydrogen) atoms. The van der Waals surface area contributed by atoms with Gasteiger partial charge < -0.3 is 15.4 Å². The Kier molecular flexibility index (Phi) is 6.51. The highest BCUT2D eigenvalue weighted by molar-refractivity contribution is 5.78. The first kappa shape index (κ1) is 14.5. The summed E-state index contributed by atoms with van der Waals surface area (Å²) >= 11 is 0. The van der Waals surface area contributed by atoms with Gasteiger partial charge in [-0.15, -0.1) is 0 Å². The lowest BCUT2D eigenvalue weighted by Crippen LogP contribution is -2.34. The molecule has 0 aliphatic heterocycles. The summed E-state index contributed by atoms with van der Waals surface area (Å²) in [6.45, 7) is 0.721. The van der Waals surface area contributed by atoms with Gasteiger partial charge >= 0.3 is 6.09 Å². The van der Waals surface area contributed by atoms with Crippen molar-refractivity contribution in [3.8, 4) is 6.07 Å². The monoisotopic (exact) mass is 261 g/mol. The fourth-order valence-electron chi connectivity index (χ4n) is 1.27. The quantitative estimate of drug-likeness (QED) is 0.745. The highest BCUT2D eigenvalue weighted by atomic mass is 16.5. The molecule has 0 aliphatic carbocycles. The number of carbonyl (C=O) groups excluding carboxylic acids is 2. The predicted octanol–water partition coefficient (Wildman–Crippen LogP) is 0.943. The summed E-state index contributed by atoms with van der Waals surface area (Å²) in [6.07, 6.45) is -0.725. The molecule has 6 nitrogen and oxygen atoms in total. The van der Waals surface area contributed by atoms with Crippen molar-refractivity contribution >= 4 is 12.0 Å². The van der Waals surface area contributed by atoms with E-state index in [0.29, 0.717) is 0 Å². The number of amides is 2. The van der Waals surface area contributed by atoms with E-state index >= 15 is 0 Å².